The molecule has 2 aromatic carbocycles. The number of carboxylic acid groups (broad SMARTS) is 1. The normalized spacial score (nSPS) is 9.71. The SMILES string of the molecule is COc1ccc2cc(CC(=O)[O-])ccc2c1.[Na+]. The number of carbonyl (C=O) groups excluding carboxylic acids is 1. The molecular formula is C13H11NaO3. The fourth-order valence-electron chi connectivity index (χ4n) is 1.68. The number of carbonyl (C=O) groups is 1. The Balaban J connectivity index is 0.00000144. The van der Waals surface area contributed by atoms with Gasteiger partial charge in [-0.05, 0) is 28.5 Å². The van der Waals surface area contributed by atoms with Crippen molar-refractivity contribution in [3.05, 3.63) is 42.0 Å². The molecule has 0 fully saturated rings. The smallest absolute Gasteiger partial charge is 0.550 e. The molecule has 0 spiro atoms. The van der Waals surface area contributed by atoms with Crippen LogP contribution in [0.2, 0.25) is 0 Å². The first kappa shape index (κ1) is 14.0. The van der Waals surface area contributed by atoms with Crippen molar-refractivity contribution in [2.75, 3.05) is 7.11 Å². The number of methoxy groups -OCH3 is 1. The molecular weight excluding hydrogens is 227 g/mol. The van der Waals surface area contributed by atoms with E-state index in [1.165, 1.54) is 0 Å². The molecule has 0 aliphatic rings. The van der Waals surface area contributed by atoms with Gasteiger partial charge in [0.1, 0.15) is 5.75 Å². The van der Waals surface area contributed by atoms with E-state index in [1.807, 2.05) is 30.3 Å². The molecule has 0 saturated heterocycles. The second-order valence-corrected chi connectivity index (χ2v) is 3.60. The Bertz CT molecular complexity index is 537. The molecule has 3 nitrogen and oxygen atoms in total. The minimum Gasteiger partial charge on any atom is -0.550 e. The Labute approximate surface area is 122 Å². The van der Waals surface area contributed by atoms with E-state index in [0.29, 0.717) is 0 Å². The third-order valence-electron chi connectivity index (χ3n) is 2.46. The van der Waals surface area contributed by atoms with Crippen LogP contribution < -0.4 is 39.4 Å². The monoisotopic (exact) mass is 238 g/mol. The number of hydrogen-bond acceptors (Lipinski definition) is 3. The van der Waals surface area contributed by atoms with Crippen LogP contribution in [0.15, 0.2) is 36.4 Å². The summed E-state index contributed by atoms with van der Waals surface area (Å²) in [5.74, 6) is -0.270. The van der Waals surface area contributed by atoms with Crippen LogP contribution >= 0.6 is 0 Å². The van der Waals surface area contributed by atoms with Gasteiger partial charge in [-0.1, -0.05) is 24.3 Å². The second kappa shape index (κ2) is 6.05. The molecule has 0 N–H and O–H groups in total. The molecule has 82 valence electrons. The van der Waals surface area contributed by atoms with Crippen LogP contribution in [-0.4, -0.2) is 13.1 Å². The molecule has 2 rings (SSSR count). The molecule has 0 radical (unpaired) electrons. The summed E-state index contributed by atoms with van der Waals surface area (Å²) in [6, 6.07) is 11.2. The molecule has 0 aliphatic carbocycles. The van der Waals surface area contributed by atoms with Gasteiger partial charge in [0.25, 0.3) is 0 Å². The Kier molecular flexibility index (Phi) is 5.00. The zero-order valence-electron chi connectivity index (χ0n) is 9.90. The first-order valence-corrected chi connectivity index (χ1v) is 4.95. The van der Waals surface area contributed by atoms with Gasteiger partial charge in [0.05, 0.1) is 7.11 Å². The van der Waals surface area contributed by atoms with Crippen molar-refractivity contribution in [2.24, 2.45) is 0 Å². The number of rotatable bonds is 3. The summed E-state index contributed by atoms with van der Waals surface area (Å²) in [5.41, 5.74) is 0.748. The number of aliphatic carboxylic acids is 1. The van der Waals surface area contributed by atoms with Gasteiger partial charge in [-0.25, -0.2) is 0 Å². The summed E-state index contributed by atoms with van der Waals surface area (Å²) in [7, 11) is 1.62. The van der Waals surface area contributed by atoms with Gasteiger partial charge in [-0.15, -0.1) is 0 Å². The summed E-state index contributed by atoms with van der Waals surface area (Å²) >= 11 is 0. The van der Waals surface area contributed by atoms with E-state index in [0.717, 1.165) is 22.1 Å². The van der Waals surface area contributed by atoms with Crippen molar-refractivity contribution < 1.29 is 44.2 Å². The standard InChI is InChI=1S/C13H12O3.Na/c1-16-12-5-4-10-6-9(7-13(14)15)2-3-11(10)8-12;/h2-6,8H,7H2,1H3,(H,14,15);/q;+1/p-1. The summed E-state index contributed by atoms with van der Waals surface area (Å²) in [5, 5.41) is 12.5. The third kappa shape index (κ3) is 3.46. The Morgan fingerprint density at radius 2 is 1.82 bits per heavy atom. The van der Waals surface area contributed by atoms with Gasteiger partial charge < -0.3 is 14.6 Å². The quantitative estimate of drug-likeness (QED) is 0.590. The Morgan fingerprint density at radius 1 is 1.18 bits per heavy atom. The number of carboxylic acids is 1. The molecule has 17 heavy (non-hydrogen) atoms. The number of ether oxygens (including phenoxy) is 1. The molecule has 0 aromatic heterocycles. The maximum absolute atomic E-state index is 10.5. The molecule has 4 heteroatoms. The maximum atomic E-state index is 10.5. The molecule has 0 unspecified atom stereocenters. The minimum absolute atomic E-state index is 0. The summed E-state index contributed by atoms with van der Waals surface area (Å²) < 4.78 is 5.11. The van der Waals surface area contributed by atoms with Gasteiger partial charge in [0.15, 0.2) is 0 Å². The van der Waals surface area contributed by atoms with Gasteiger partial charge in [-0.3, -0.25) is 0 Å². The third-order valence-corrected chi connectivity index (χ3v) is 2.46. The summed E-state index contributed by atoms with van der Waals surface area (Å²) in [6.45, 7) is 0. The van der Waals surface area contributed by atoms with Crippen LogP contribution in [0, 0.1) is 0 Å². The predicted molar refractivity (Wildman–Crippen MR) is 59.2 cm³/mol. The van der Waals surface area contributed by atoms with Crippen LogP contribution in [0.3, 0.4) is 0 Å². The van der Waals surface area contributed by atoms with Gasteiger partial charge in [0, 0.05) is 12.4 Å². The fraction of sp³-hybridized carbons (Fsp3) is 0.154. The molecule has 0 heterocycles. The summed E-state index contributed by atoms with van der Waals surface area (Å²) in [6.07, 6.45) is -0.0536. The molecule has 2 aromatic rings. The van der Waals surface area contributed by atoms with E-state index < -0.39 is 5.97 Å². The van der Waals surface area contributed by atoms with E-state index in [9.17, 15) is 9.90 Å². The van der Waals surface area contributed by atoms with E-state index in [4.69, 9.17) is 4.74 Å². The van der Waals surface area contributed by atoms with Crippen molar-refractivity contribution in [1.82, 2.24) is 0 Å². The zero-order chi connectivity index (χ0) is 11.5. The van der Waals surface area contributed by atoms with E-state index >= 15 is 0 Å². The maximum Gasteiger partial charge on any atom is 1.00 e. The van der Waals surface area contributed by atoms with E-state index in [1.54, 1.807) is 13.2 Å². The second-order valence-electron chi connectivity index (χ2n) is 3.60. The zero-order valence-corrected chi connectivity index (χ0v) is 11.9. The number of hydrogen-bond donors (Lipinski definition) is 0. The predicted octanol–water partition coefficient (Wildman–Crippen LogP) is -1.86. The first-order chi connectivity index (χ1) is 7.69. The van der Waals surface area contributed by atoms with Crippen LogP contribution in [0.4, 0.5) is 0 Å². The van der Waals surface area contributed by atoms with Crippen LogP contribution in [0.5, 0.6) is 5.75 Å². The van der Waals surface area contributed by atoms with Crippen LogP contribution in [0.1, 0.15) is 5.56 Å². The average Bonchev–Trinajstić information content (AvgIpc) is 2.27. The number of benzene rings is 2. The fourth-order valence-corrected chi connectivity index (χ4v) is 1.68. The van der Waals surface area contributed by atoms with Crippen molar-refractivity contribution in [3.8, 4) is 5.75 Å². The molecule has 0 saturated carbocycles. The van der Waals surface area contributed by atoms with Crippen LogP contribution in [-0.2, 0) is 11.2 Å². The average molecular weight is 238 g/mol. The topological polar surface area (TPSA) is 49.4 Å². The molecule has 0 amide bonds. The van der Waals surface area contributed by atoms with Crippen molar-refractivity contribution in [3.63, 3.8) is 0 Å². The first-order valence-electron chi connectivity index (χ1n) is 4.95. The van der Waals surface area contributed by atoms with Gasteiger partial charge in [-0.2, -0.15) is 0 Å². The van der Waals surface area contributed by atoms with E-state index in [2.05, 4.69) is 0 Å². The largest absolute Gasteiger partial charge is 1.00 e. The van der Waals surface area contributed by atoms with Gasteiger partial charge in [0.2, 0.25) is 0 Å². The Hall–Kier alpha value is -1.03. The molecule has 0 bridgehead atoms. The van der Waals surface area contributed by atoms with E-state index in [-0.39, 0.29) is 36.0 Å². The van der Waals surface area contributed by atoms with Gasteiger partial charge >= 0.3 is 29.6 Å². The number of fused-ring (bicyclic) bond motifs is 1. The Morgan fingerprint density at radius 3 is 2.47 bits per heavy atom. The van der Waals surface area contributed by atoms with Crippen molar-refractivity contribution in [2.45, 2.75) is 6.42 Å². The van der Waals surface area contributed by atoms with Crippen molar-refractivity contribution >= 4 is 16.7 Å². The summed E-state index contributed by atoms with van der Waals surface area (Å²) in [4.78, 5) is 10.5. The van der Waals surface area contributed by atoms with Crippen LogP contribution in [0.25, 0.3) is 10.8 Å². The molecule has 0 atom stereocenters. The minimum atomic E-state index is -1.06. The van der Waals surface area contributed by atoms with Crippen molar-refractivity contribution in [1.29, 1.82) is 0 Å². The molecule has 0 aliphatic heterocycles.